The van der Waals surface area contributed by atoms with Gasteiger partial charge in [0.25, 0.3) is 0 Å². The topological polar surface area (TPSA) is 75.4 Å². The predicted molar refractivity (Wildman–Crippen MR) is 92.2 cm³/mol. The number of anilines is 1. The molecule has 2 atom stereocenters. The van der Waals surface area contributed by atoms with Crippen LogP contribution in [-0.2, 0) is 22.3 Å². The molecule has 2 unspecified atom stereocenters. The zero-order valence-corrected chi connectivity index (χ0v) is 14.9. The lowest BCUT2D eigenvalue weighted by atomic mass is 10.1. The van der Waals surface area contributed by atoms with E-state index in [9.17, 15) is 22.8 Å². The molecular weight excluding hydrogens is 347 g/mol. The van der Waals surface area contributed by atoms with Crippen LogP contribution in [0.1, 0.15) is 44.2 Å². The van der Waals surface area contributed by atoms with Crippen molar-refractivity contribution in [1.29, 1.82) is 0 Å². The third-order valence-electron chi connectivity index (χ3n) is 4.59. The van der Waals surface area contributed by atoms with Crippen LogP contribution in [-0.4, -0.2) is 29.3 Å². The maximum absolute atomic E-state index is 13.0. The normalized spacial score (nSPS) is 18.9. The maximum atomic E-state index is 13.0. The summed E-state index contributed by atoms with van der Waals surface area (Å²) in [5.41, 5.74) is 4.90. The van der Waals surface area contributed by atoms with Gasteiger partial charge >= 0.3 is 6.18 Å². The minimum Gasteiger partial charge on any atom is -0.339 e. The van der Waals surface area contributed by atoms with Crippen molar-refractivity contribution in [1.82, 2.24) is 4.90 Å². The van der Waals surface area contributed by atoms with Gasteiger partial charge < -0.3 is 16.0 Å². The van der Waals surface area contributed by atoms with Gasteiger partial charge in [0.05, 0.1) is 11.5 Å². The highest BCUT2D eigenvalue weighted by molar-refractivity contribution is 5.97. The smallest absolute Gasteiger partial charge is 0.339 e. The van der Waals surface area contributed by atoms with E-state index in [0.717, 1.165) is 25.0 Å². The molecule has 8 heteroatoms. The standard InChI is InChI=1S/C18H24F3N3O2/c1-3-4-11(2)24-10-13(7-16(24)25)17(26)23-15-6-12(9-22)5-14(8-15)18(19,20)21/h5-6,8,11,13H,3-4,7,9-10,22H2,1-2H3,(H,23,26). The van der Waals surface area contributed by atoms with Gasteiger partial charge in [0.15, 0.2) is 0 Å². The van der Waals surface area contributed by atoms with E-state index in [0.29, 0.717) is 0 Å². The Hall–Kier alpha value is -2.09. The number of benzene rings is 1. The van der Waals surface area contributed by atoms with Gasteiger partial charge in [0.1, 0.15) is 0 Å². The van der Waals surface area contributed by atoms with E-state index in [1.54, 1.807) is 4.90 Å². The molecule has 0 spiro atoms. The third kappa shape index (κ3) is 4.75. The molecular formula is C18H24F3N3O2. The number of amides is 2. The number of halogens is 3. The van der Waals surface area contributed by atoms with Crippen LogP contribution in [0.3, 0.4) is 0 Å². The van der Waals surface area contributed by atoms with E-state index in [1.165, 1.54) is 6.07 Å². The van der Waals surface area contributed by atoms with Crippen molar-refractivity contribution in [3.63, 3.8) is 0 Å². The first-order valence-corrected chi connectivity index (χ1v) is 8.67. The second-order valence-electron chi connectivity index (χ2n) is 6.69. The summed E-state index contributed by atoms with van der Waals surface area (Å²) >= 11 is 0. The second kappa shape index (κ2) is 8.07. The van der Waals surface area contributed by atoms with E-state index in [4.69, 9.17) is 5.73 Å². The van der Waals surface area contributed by atoms with Crippen molar-refractivity contribution in [2.45, 2.75) is 51.9 Å². The fraction of sp³-hybridized carbons (Fsp3) is 0.556. The molecule has 1 heterocycles. The lowest BCUT2D eigenvalue weighted by Gasteiger charge is -2.24. The first kappa shape index (κ1) is 20.2. The van der Waals surface area contributed by atoms with Crippen LogP contribution < -0.4 is 11.1 Å². The van der Waals surface area contributed by atoms with Crippen LogP contribution >= 0.6 is 0 Å². The third-order valence-corrected chi connectivity index (χ3v) is 4.59. The van der Waals surface area contributed by atoms with Gasteiger partial charge in [-0.3, -0.25) is 9.59 Å². The van der Waals surface area contributed by atoms with Gasteiger partial charge in [0, 0.05) is 31.2 Å². The van der Waals surface area contributed by atoms with Crippen LogP contribution in [0, 0.1) is 5.92 Å². The van der Waals surface area contributed by atoms with Crippen molar-refractivity contribution in [3.05, 3.63) is 29.3 Å². The van der Waals surface area contributed by atoms with Gasteiger partial charge in [-0.15, -0.1) is 0 Å². The van der Waals surface area contributed by atoms with E-state index >= 15 is 0 Å². The lowest BCUT2D eigenvalue weighted by Crippen LogP contribution is -2.35. The number of nitrogens with one attached hydrogen (secondary N) is 1. The molecule has 2 rings (SSSR count). The summed E-state index contributed by atoms with van der Waals surface area (Å²) in [5, 5.41) is 2.51. The summed E-state index contributed by atoms with van der Waals surface area (Å²) in [4.78, 5) is 26.2. The highest BCUT2D eigenvalue weighted by Gasteiger charge is 2.37. The molecule has 5 nitrogen and oxygen atoms in total. The second-order valence-corrected chi connectivity index (χ2v) is 6.69. The van der Waals surface area contributed by atoms with Crippen LogP contribution in [0.4, 0.5) is 18.9 Å². The molecule has 1 aliphatic rings. The van der Waals surface area contributed by atoms with Gasteiger partial charge in [0.2, 0.25) is 11.8 Å². The molecule has 1 saturated heterocycles. The number of nitrogens with zero attached hydrogens (tertiary/aromatic N) is 1. The van der Waals surface area contributed by atoms with Gasteiger partial charge in [-0.1, -0.05) is 13.3 Å². The monoisotopic (exact) mass is 371 g/mol. The Labute approximate surface area is 150 Å². The Morgan fingerprint density at radius 3 is 2.65 bits per heavy atom. The Morgan fingerprint density at radius 1 is 1.38 bits per heavy atom. The average Bonchev–Trinajstić information content (AvgIpc) is 2.96. The summed E-state index contributed by atoms with van der Waals surface area (Å²) < 4.78 is 38.9. The molecule has 144 valence electrons. The first-order valence-electron chi connectivity index (χ1n) is 8.67. The quantitative estimate of drug-likeness (QED) is 0.807. The molecule has 1 fully saturated rings. The van der Waals surface area contributed by atoms with Crippen LogP contribution in [0.15, 0.2) is 18.2 Å². The fourth-order valence-corrected chi connectivity index (χ4v) is 3.20. The Balaban J connectivity index is 2.12. The molecule has 26 heavy (non-hydrogen) atoms. The predicted octanol–water partition coefficient (Wildman–Crippen LogP) is 3.14. The highest BCUT2D eigenvalue weighted by atomic mass is 19.4. The number of carbonyl (C=O) groups is 2. The molecule has 0 saturated carbocycles. The number of alkyl halides is 3. The molecule has 0 aliphatic carbocycles. The minimum atomic E-state index is -4.53. The number of hydrogen-bond donors (Lipinski definition) is 2. The summed E-state index contributed by atoms with van der Waals surface area (Å²) in [6.07, 6.45) is -2.69. The summed E-state index contributed by atoms with van der Waals surface area (Å²) in [6, 6.07) is 3.30. The van der Waals surface area contributed by atoms with Crippen LogP contribution in [0.2, 0.25) is 0 Å². The number of nitrogens with two attached hydrogens (primary N) is 1. The average molecular weight is 371 g/mol. The first-order chi connectivity index (χ1) is 12.2. The number of carbonyl (C=O) groups excluding carboxylic acids is 2. The molecule has 0 bridgehead atoms. The largest absolute Gasteiger partial charge is 0.416 e. The molecule has 1 aromatic carbocycles. The van der Waals surface area contributed by atoms with Gasteiger partial charge in [-0.25, -0.2) is 0 Å². The zero-order valence-electron chi connectivity index (χ0n) is 14.9. The SMILES string of the molecule is CCCC(C)N1CC(C(=O)Nc2cc(CN)cc(C(F)(F)F)c2)CC1=O. The molecule has 0 radical (unpaired) electrons. The molecule has 1 aliphatic heterocycles. The Morgan fingerprint density at radius 2 is 2.08 bits per heavy atom. The van der Waals surface area contributed by atoms with Crippen molar-refractivity contribution in [3.8, 4) is 0 Å². The summed E-state index contributed by atoms with van der Waals surface area (Å²) in [5.74, 6) is -1.12. The summed E-state index contributed by atoms with van der Waals surface area (Å²) in [6.45, 7) is 4.16. The van der Waals surface area contributed by atoms with Crippen molar-refractivity contribution < 1.29 is 22.8 Å². The maximum Gasteiger partial charge on any atom is 0.416 e. The van der Waals surface area contributed by atoms with Crippen molar-refractivity contribution in [2.24, 2.45) is 11.7 Å². The Bertz CT molecular complexity index is 676. The minimum absolute atomic E-state index is 0.0396. The van der Waals surface area contributed by atoms with Crippen LogP contribution in [0.5, 0.6) is 0 Å². The zero-order chi connectivity index (χ0) is 19.5. The lowest BCUT2D eigenvalue weighted by molar-refractivity contribution is -0.137. The molecule has 3 N–H and O–H groups in total. The highest BCUT2D eigenvalue weighted by Crippen LogP contribution is 2.32. The van der Waals surface area contributed by atoms with Crippen molar-refractivity contribution >= 4 is 17.5 Å². The molecule has 0 aromatic heterocycles. The van der Waals surface area contributed by atoms with Gasteiger partial charge in [-0.2, -0.15) is 13.2 Å². The number of hydrogen-bond acceptors (Lipinski definition) is 3. The number of rotatable bonds is 6. The number of likely N-dealkylation sites (tertiary alicyclic amines) is 1. The van der Waals surface area contributed by atoms with E-state index in [-0.39, 0.29) is 42.7 Å². The van der Waals surface area contributed by atoms with E-state index < -0.39 is 23.6 Å². The fourth-order valence-electron chi connectivity index (χ4n) is 3.20. The van der Waals surface area contributed by atoms with E-state index in [2.05, 4.69) is 5.32 Å². The van der Waals surface area contributed by atoms with E-state index in [1.807, 2.05) is 13.8 Å². The molecule has 1 aromatic rings. The molecule has 2 amide bonds. The van der Waals surface area contributed by atoms with Gasteiger partial charge in [-0.05, 0) is 37.1 Å². The van der Waals surface area contributed by atoms with Crippen LogP contribution in [0.25, 0.3) is 0 Å². The summed E-state index contributed by atoms with van der Waals surface area (Å²) in [7, 11) is 0. The Kier molecular flexibility index (Phi) is 6.28. The van der Waals surface area contributed by atoms with Crippen molar-refractivity contribution in [2.75, 3.05) is 11.9 Å².